The molecular formula is C13H31F3N2O4S2Si2. The van der Waals surface area contributed by atoms with Gasteiger partial charge >= 0.3 is 16.0 Å². The molecule has 0 aliphatic heterocycles. The molecule has 0 aromatic carbocycles. The summed E-state index contributed by atoms with van der Waals surface area (Å²) in [4.78, 5) is 0. The molecule has 0 rings (SSSR count). The average molecular weight is 457 g/mol. The first-order valence-corrected chi connectivity index (χ1v) is 18.7. The van der Waals surface area contributed by atoms with Crippen LogP contribution in [0.2, 0.25) is 51.4 Å². The van der Waals surface area contributed by atoms with E-state index in [-0.39, 0.29) is 13.1 Å². The number of rotatable bonds is 12. The standard InChI is InChI=1S/C13H31F3N2O4S2Si2/c1-25(2,3)11-7-9-18(10-8-12-26(4,5)6)24(20,21)17-23(19,22-16)13(14)15/h13H,7-12H2,1-6H3. The van der Waals surface area contributed by atoms with Crippen LogP contribution < -0.4 is 0 Å². The van der Waals surface area contributed by atoms with Crippen molar-refractivity contribution < 1.29 is 30.3 Å². The number of hydrogen-bond acceptors (Lipinski definition) is 4. The van der Waals surface area contributed by atoms with E-state index >= 15 is 0 Å². The van der Waals surface area contributed by atoms with Gasteiger partial charge in [-0.05, 0) is 17.4 Å². The molecule has 1 atom stereocenters. The van der Waals surface area contributed by atoms with Crippen molar-refractivity contribution in [1.29, 1.82) is 0 Å². The van der Waals surface area contributed by atoms with Crippen LogP contribution in [0.3, 0.4) is 0 Å². The van der Waals surface area contributed by atoms with Crippen LogP contribution in [-0.4, -0.2) is 51.9 Å². The fourth-order valence-electron chi connectivity index (χ4n) is 2.16. The lowest BCUT2D eigenvalue weighted by Crippen LogP contribution is -2.35. The molecule has 13 heteroatoms. The highest BCUT2D eigenvalue weighted by molar-refractivity contribution is 8.00. The van der Waals surface area contributed by atoms with Gasteiger partial charge in [-0.3, -0.25) is 0 Å². The highest BCUT2D eigenvalue weighted by Crippen LogP contribution is 2.20. The van der Waals surface area contributed by atoms with Gasteiger partial charge in [-0.2, -0.15) is 21.5 Å². The first-order valence-electron chi connectivity index (χ1n) is 8.38. The van der Waals surface area contributed by atoms with Gasteiger partial charge in [-0.25, -0.2) is 4.21 Å². The number of halogens is 3. The van der Waals surface area contributed by atoms with Crippen molar-refractivity contribution in [1.82, 2.24) is 4.31 Å². The number of alkyl halides is 2. The zero-order valence-electron chi connectivity index (χ0n) is 16.3. The first kappa shape index (κ1) is 26.0. The maximum Gasteiger partial charge on any atom is 0.346 e. The van der Waals surface area contributed by atoms with Gasteiger partial charge in [0.25, 0.3) is 10.0 Å². The third-order valence-corrected chi connectivity index (χ3v) is 10.4. The van der Waals surface area contributed by atoms with E-state index in [2.05, 4.69) is 47.4 Å². The maximum atomic E-state index is 12.7. The number of hydrogen-bond donors (Lipinski definition) is 0. The highest BCUT2D eigenvalue weighted by Gasteiger charge is 2.32. The molecule has 0 radical (unpaired) electrons. The fourth-order valence-corrected chi connectivity index (χ4v) is 7.16. The van der Waals surface area contributed by atoms with Gasteiger partial charge in [0.05, 0.1) is 0 Å². The Bertz CT molecular complexity index is 635. The molecule has 0 spiro atoms. The van der Waals surface area contributed by atoms with Crippen LogP contribution in [0.5, 0.6) is 0 Å². The summed E-state index contributed by atoms with van der Waals surface area (Å²) in [6.45, 7) is 12.9. The minimum absolute atomic E-state index is 0.0623. The lowest BCUT2D eigenvalue weighted by molar-refractivity contribution is -0.000817. The van der Waals surface area contributed by atoms with Gasteiger partial charge in [-0.15, -0.1) is 0 Å². The Morgan fingerprint density at radius 1 is 0.923 bits per heavy atom. The maximum absolute atomic E-state index is 12.7. The third kappa shape index (κ3) is 10.4. The minimum Gasteiger partial charge on any atom is -0.211 e. The van der Waals surface area contributed by atoms with E-state index in [1.807, 2.05) is 0 Å². The van der Waals surface area contributed by atoms with E-state index in [4.69, 9.17) is 0 Å². The van der Waals surface area contributed by atoms with Crippen LogP contribution in [0.25, 0.3) is 0 Å². The van der Waals surface area contributed by atoms with E-state index in [0.29, 0.717) is 12.8 Å². The van der Waals surface area contributed by atoms with Crippen LogP contribution >= 0.6 is 0 Å². The van der Waals surface area contributed by atoms with Gasteiger partial charge in [0.1, 0.15) is 0 Å². The summed E-state index contributed by atoms with van der Waals surface area (Å²) in [6, 6.07) is 1.66. The molecule has 0 aromatic heterocycles. The van der Waals surface area contributed by atoms with Gasteiger partial charge in [0.2, 0.25) is 0 Å². The Labute approximate surface area is 158 Å². The van der Waals surface area contributed by atoms with Crippen LogP contribution in [0, 0.1) is 0 Å². The second-order valence-electron chi connectivity index (χ2n) is 8.62. The molecule has 0 aromatic rings. The Morgan fingerprint density at radius 3 is 1.58 bits per heavy atom. The van der Waals surface area contributed by atoms with Gasteiger partial charge in [0.15, 0.2) is 0 Å². The van der Waals surface area contributed by atoms with E-state index in [9.17, 15) is 25.9 Å². The summed E-state index contributed by atoms with van der Waals surface area (Å²) in [7, 11) is -12.8. The van der Waals surface area contributed by atoms with Crippen LogP contribution in [-0.2, 0) is 24.6 Å². The van der Waals surface area contributed by atoms with Crippen molar-refractivity contribution in [2.45, 2.75) is 70.0 Å². The molecule has 6 nitrogen and oxygen atoms in total. The number of nitrogens with zero attached hydrogens (tertiary/aromatic N) is 2. The molecule has 0 bridgehead atoms. The summed E-state index contributed by atoms with van der Waals surface area (Å²) >= 11 is 0. The molecule has 0 heterocycles. The molecule has 0 saturated heterocycles. The van der Waals surface area contributed by atoms with Crippen molar-refractivity contribution in [3.05, 3.63) is 0 Å². The zero-order valence-corrected chi connectivity index (χ0v) is 19.9. The van der Waals surface area contributed by atoms with Crippen molar-refractivity contribution in [3.63, 3.8) is 0 Å². The first-order chi connectivity index (χ1) is 11.5. The molecule has 158 valence electrons. The lowest BCUT2D eigenvalue weighted by atomic mass is 10.4. The minimum atomic E-state index is -5.24. The predicted molar refractivity (Wildman–Crippen MR) is 105 cm³/mol. The van der Waals surface area contributed by atoms with Crippen molar-refractivity contribution in [3.8, 4) is 0 Å². The topological polar surface area (TPSA) is 76.0 Å². The van der Waals surface area contributed by atoms with E-state index < -0.39 is 42.1 Å². The second-order valence-corrected chi connectivity index (χ2v) is 23.4. The van der Waals surface area contributed by atoms with Crippen LogP contribution in [0.15, 0.2) is 3.77 Å². The summed E-state index contributed by atoms with van der Waals surface area (Å²) in [5.74, 6) is -3.87. The average Bonchev–Trinajstić information content (AvgIpc) is 2.42. The third-order valence-electron chi connectivity index (χ3n) is 3.51. The van der Waals surface area contributed by atoms with Gasteiger partial charge < -0.3 is 0 Å². The van der Waals surface area contributed by atoms with Crippen LogP contribution in [0.1, 0.15) is 12.8 Å². The molecule has 0 aliphatic rings. The largest absolute Gasteiger partial charge is 0.346 e. The molecule has 0 aliphatic carbocycles. The Hall–Kier alpha value is 0.0438. The van der Waals surface area contributed by atoms with Gasteiger partial charge in [-0.1, -0.05) is 59.5 Å². The van der Waals surface area contributed by atoms with Crippen molar-refractivity contribution >= 4 is 36.4 Å². The molecule has 0 saturated carbocycles. The van der Waals surface area contributed by atoms with E-state index in [0.717, 1.165) is 16.4 Å². The molecule has 0 N–H and O–H groups in total. The SMILES string of the molecule is C[Si](C)(C)CCCN(CCC[Si](C)(C)C)S(=O)(=O)N=S(=O)(OF)C(F)F. The second kappa shape index (κ2) is 10.0. The summed E-state index contributed by atoms with van der Waals surface area (Å²) in [5.41, 5.74) is 0. The summed E-state index contributed by atoms with van der Waals surface area (Å²) in [6.07, 6.45) is 1.06. The Kier molecular flexibility index (Phi) is 10.0. The molecule has 26 heavy (non-hydrogen) atoms. The van der Waals surface area contributed by atoms with Crippen LogP contribution in [0.4, 0.5) is 13.3 Å². The Balaban J connectivity index is 5.46. The normalized spacial score (nSPS) is 16.1. The summed E-state index contributed by atoms with van der Waals surface area (Å²) < 4.78 is 80.1. The molecular weight excluding hydrogens is 425 g/mol. The van der Waals surface area contributed by atoms with Crippen molar-refractivity contribution in [2.75, 3.05) is 13.1 Å². The van der Waals surface area contributed by atoms with Gasteiger partial charge in [0, 0.05) is 29.2 Å². The summed E-state index contributed by atoms with van der Waals surface area (Å²) in [5, 5.41) is 0. The predicted octanol–water partition coefficient (Wildman–Crippen LogP) is 4.50. The van der Waals surface area contributed by atoms with E-state index in [1.165, 1.54) is 0 Å². The highest BCUT2D eigenvalue weighted by atomic mass is 32.3. The quantitative estimate of drug-likeness (QED) is 0.405. The Morgan fingerprint density at radius 2 is 1.31 bits per heavy atom. The van der Waals surface area contributed by atoms with Crippen molar-refractivity contribution in [2.24, 2.45) is 3.77 Å². The molecule has 1 unspecified atom stereocenters. The fraction of sp³-hybridized carbons (Fsp3) is 1.00. The monoisotopic (exact) mass is 456 g/mol. The zero-order chi connectivity index (χ0) is 20.8. The van der Waals surface area contributed by atoms with E-state index in [1.54, 1.807) is 0 Å². The molecule has 0 amide bonds. The smallest absolute Gasteiger partial charge is 0.211 e. The molecule has 0 fully saturated rings. The lowest BCUT2D eigenvalue weighted by Gasteiger charge is -2.23.